The quantitative estimate of drug-likeness (QED) is 0.766. The molecule has 3 heteroatoms. The van der Waals surface area contributed by atoms with Crippen molar-refractivity contribution < 1.29 is 9.53 Å². The molecule has 0 amide bonds. The van der Waals surface area contributed by atoms with Gasteiger partial charge in [0.25, 0.3) is 0 Å². The number of benzene rings is 1. The van der Waals surface area contributed by atoms with E-state index in [1.807, 2.05) is 35.0 Å². The third-order valence-corrected chi connectivity index (χ3v) is 2.37. The molecule has 0 radical (unpaired) electrons. The Morgan fingerprint density at radius 3 is 2.87 bits per heavy atom. The van der Waals surface area contributed by atoms with E-state index in [2.05, 4.69) is 0 Å². The van der Waals surface area contributed by atoms with Crippen LogP contribution in [0.5, 0.6) is 5.75 Å². The van der Waals surface area contributed by atoms with Gasteiger partial charge in [0.2, 0.25) is 0 Å². The van der Waals surface area contributed by atoms with Gasteiger partial charge in [-0.15, -0.1) is 0 Å². The minimum atomic E-state index is 0.156. The van der Waals surface area contributed by atoms with E-state index in [0.717, 1.165) is 16.7 Å². The first-order chi connectivity index (χ1) is 7.20. The average molecular weight is 203 g/mol. The first kappa shape index (κ1) is 9.77. The van der Waals surface area contributed by atoms with Crippen molar-refractivity contribution in [2.75, 3.05) is 7.11 Å². The third-order valence-electron chi connectivity index (χ3n) is 2.37. The molecule has 0 bridgehead atoms. The number of hydrogen-bond donors (Lipinski definition) is 0. The molecule has 0 spiro atoms. The zero-order valence-corrected chi connectivity index (χ0v) is 8.86. The highest BCUT2D eigenvalue weighted by Crippen LogP contribution is 2.21. The van der Waals surface area contributed by atoms with E-state index < -0.39 is 0 Å². The number of aromatic nitrogens is 1. The molecule has 1 heterocycles. The van der Waals surface area contributed by atoms with Gasteiger partial charge >= 0.3 is 0 Å². The molecule has 0 saturated carbocycles. The number of fused-ring (bicyclic) bond motifs is 1. The summed E-state index contributed by atoms with van der Waals surface area (Å²) >= 11 is 0. The maximum Gasteiger partial charge on any atom is 0.149 e. The normalized spacial score (nSPS) is 10.5. The Hall–Kier alpha value is -1.77. The zero-order valence-electron chi connectivity index (χ0n) is 8.86. The lowest BCUT2D eigenvalue weighted by Gasteiger charge is -2.03. The lowest BCUT2D eigenvalue weighted by atomic mass is 10.2. The largest absolute Gasteiger partial charge is 0.497 e. The van der Waals surface area contributed by atoms with Gasteiger partial charge in [-0.05, 0) is 31.2 Å². The summed E-state index contributed by atoms with van der Waals surface area (Å²) in [6, 6.07) is 7.82. The highest BCUT2D eigenvalue weighted by atomic mass is 16.5. The highest BCUT2D eigenvalue weighted by molar-refractivity contribution is 5.84. The number of ketones is 1. The van der Waals surface area contributed by atoms with Gasteiger partial charge < -0.3 is 9.30 Å². The molecule has 0 N–H and O–H groups in total. The Bertz CT molecular complexity index is 499. The van der Waals surface area contributed by atoms with Crippen LogP contribution >= 0.6 is 0 Å². The number of methoxy groups -OCH3 is 1. The summed E-state index contributed by atoms with van der Waals surface area (Å²) in [5, 5.41) is 1.09. The molecule has 15 heavy (non-hydrogen) atoms. The smallest absolute Gasteiger partial charge is 0.149 e. The molecular formula is C12H13NO2. The lowest BCUT2D eigenvalue weighted by molar-refractivity contribution is -0.117. The van der Waals surface area contributed by atoms with E-state index in [4.69, 9.17) is 4.74 Å². The summed E-state index contributed by atoms with van der Waals surface area (Å²) in [6.07, 6.45) is 1.92. The molecule has 0 atom stereocenters. The van der Waals surface area contributed by atoms with Crippen molar-refractivity contribution in [1.29, 1.82) is 0 Å². The number of ether oxygens (including phenoxy) is 1. The van der Waals surface area contributed by atoms with Gasteiger partial charge in [0.15, 0.2) is 0 Å². The SMILES string of the molecule is COc1ccc2c(ccn2CC(C)=O)c1. The summed E-state index contributed by atoms with van der Waals surface area (Å²) in [5.41, 5.74) is 1.06. The first-order valence-corrected chi connectivity index (χ1v) is 4.83. The Morgan fingerprint density at radius 1 is 1.40 bits per heavy atom. The predicted molar refractivity (Wildman–Crippen MR) is 59.2 cm³/mol. The fourth-order valence-corrected chi connectivity index (χ4v) is 1.68. The fraction of sp³-hybridized carbons (Fsp3) is 0.250. The molecule has 78 valence electrons. The summed E-state index contributed by atoms with van der Waals surface area (Å²) in [4.78, 5) is 11.0. The second kappa shape index (κ2) is 3.77. The molecule has 2 aromatic rings. The van der Waals surface area contributed by atoms with Crippen molar-refractivity contribution in [1.82, 2.24) is 4.57 Å². The van der Waals surface area contributed by atoms with Crippen molar-refractivity contribution >= 4 is 16.7 Å². The second-order valence-corrected chi connectivity index (χ2v) is 3.57. The Balaban J connectivity index is 2.47. The minimum Gasteiger partial charge on any atom is -0.497 e. The van der Waals surface area contributed by atoms with E-state index in [0.29, 0.717) is 6.54 Å². The van der Waals surface area contributed by atoms with E-state index in [9.17, 15) is 4.79 Å². The summed E-state index contributed by atoms with van der Waals surface area (Å²) in [6.45, 7) is 2.02. The molecular weight excluding hydrogens is 190 g/mol. The number of rotatable bonds is 3. The van der Waals surface area contributed by atoms with E-state index in [1.165, 1.54) is 0 Å². The van der Waals surface area contributed by atoms with Gasteiger partial charge in [-0.3, -0.25) is 4.79 Å². The maximum atomic E-state index is 11.0. The monoisotopic (exact) mass is 203 g/mol. The number of hydrogen-bond acceptors (Lipinski definition) is 2. The van der Waals surface area contributed by atoms with Crippen molar-refractivity contribution in [3.05, 3.63) is 30.5 Å². The van der Waals surface area contributed by atoms with E-state index in [-0.39, 0.29) is 5.78 Å². The topological polar surface area (TPSA) is 31.2 Å². The Morgan fingerprint density at radius 2 is 2.20 bits per heavy atom. The van der Waals surface area contributed by atoms with Gasteiger partial charge in [0, 0.05) is 17.1 Å². The summed E-state index contributed by atoms with van der Waals surface area (Å²) in [5.74, 6) is 0.992. The third kappa shape index (κ3) is 1.86. The molecule has 1 aromatic carbocycles. The predicted octanol–water partition coefficient (Wildman–Crippen LogP) is 2.24. The van der Waals surface area contributed by atoms with Gasteiger partial charge in [-0.2, -0.15) is 0 Å². The second-order valence-electron chi connectivity index (χ2n) is 3.57. The van der Waals surface area contributed by atoms with Crippen LogP contribution in [0, 0.1) is 0 Å². The number of carbonyl (C=O) groups excluding carboxylic acids is 1. The van der Waals surface area contributed by atoms with E-state index in [1.54, 1.807) is 14.0 Å². The molecule has 1 aromatic heterocycles. The highest BCUT2D eigenvalue weighted by Gasteiger charge is 2.03. The van der Waals surface area contributed by atoms with Crippen LogP contribution < -0.4 is 4.74 Å². The number of carbonyl (C=O) groups is 1. The van der Waals surface area contributed by atoms with Gasteiger partial charge in [0.05, 0.1) is 13.7 Å². The van der Waals surface area contributed by atoms with Crippen LogP contribution in [-0.2, 0) is 11.3 Å². The van der Waals surface area contributed by atoms with Crippen LogP contribution in [0.2, 0.25) is 0 Å². The molecule has 0 aliphatic rings. The average Bonchev–Trinajstić information content (AvgIpc) is 2.60. The summed E-state index contributed by atoms with van der Waals surface area (Å²) in [7, 11) is 1.65. The van der Waals surface area contributed by atoms with Crippen molar-refractivity contribution in [3.8, 4) is 5.75 Å². The molecule has 0 saturated heterocycles. The standard InChI is InChI=1S/C12H13NO2/c1-9(14)8-13-6-5-10-7-11(15-2)3-4-12(10)13/h3-7H,8H2,1-2H3. The molecule has 0 unspecified atom stereocenters. The van der Waals surface area contributed by atoms with Gasteiger partial charge in [0.1, 0.15) is 11.5 Å². The van der Waals surface area contributed by atoms with Crippen LogP contribution in [0.4, 0.5) is 0 Å². The van der Waals surface area contributed by atoms with Crippen LogP contribution in [-0.4, -0.2) is 17.5 Å². The van der Waals surface area contributed by atoms with Crippen molar-refractivity contribution in [2.24, 2.45) is 0 Å². The van der Waals surface area contributed by atoms with Gasteiger partial charge in [-0.25, -0.2) is 0 Å². The summed E-state index contributed by atoms with van der Waals surface area (Å²) < 4.78 is 7.08. The maximum absolute atomic E-state index is 11.0. The van der Waals surface area contributed by atoms with Crippen molar-refractivity contribution in [3.63, 3.8) is 0 Å². The zero-order chi connectivity index (χ0) is 10.8. The van der Waals surface area contributed by atoms with E-state index >= 15 is 0 Å². The van der Waals surface area contributed by atoms with Gasteiger partial charge in [-0.1, -0.05) is 0 Å². The van der Waals surface area contributed by atoms with Crippen molar-refractivity contribution in [2.45, 2.75) is 13.5 Å². The lowest BCUT2D eigenvalue weighted by Crippen LogP contribution is -2.04. The van der Waals surface area contributed by atoms with Crippen LogP contribution in [0.3, 0.4) is 0 Å². The first-order valence-electron chi connectivity index (χ1n) is 4.83. The minimum absolute atomic E-state index is 0.156. The Labute approximate surface area is 88.3 Å². The molecule has 0 fully saturated rings. The Kier molecular flexibility index (Phi) is 2.46. The molecule has 2 rings (SSSR count). The molecule has 3 nitrogen and oxygen atoms in total. The van der Waals surface area contributed by atoms with Crippen LogP contribution in [0.1, 0.15) is 6.92 Å². The fourth-order valence-electron chi connectivity index (χ4n) is 1.68. The number of Topliss-reactive ketones (excluding diaryl/α,β-unsaturated/α-hetero) is 1. The molecule has 0 aliphatic heterocycles. The molecule has 0 aliphatic carbocycles. The van der Waals surface area contributed by atoms with Crippen LogP contribution in [0.25, 0.3) is 10.9 Å². The van der Waals surface area contributed by atoms with Crippen LogP contribution in [0.15, 0.2) is 30.5 Å². The number of nitrogens with zero attached hydrogens (tertiary/aromatic N) is 1.